The fraction of sp³-hybridized carbons (Fsp3) is 0.545. The Kier molecular flexibility index (Phi) is 5.36. The lowest BCUT2D eigenvalue weighted by molar-refractivity contribution is -0.120. The van der Waals surface area contributed by atoms with Crippen LogP contribution in [0, 0.1) is 6.92 Å². The molecule has 0 spiro atoms. The molecule has 1 amide bonds. The van der Waals surface area contributed by atoms with Crippen molar-refractivity contribution in [1.29, 1.82) is 0 Å². The number of carbonyl (C=O) groups excluding carboxylic acids is 1. The second kappa shape index (κ2) is 6.58. The van der Waals surface area contributed by atoms with E-state index >= 15 is 0 Å². The Bertz CT molecular complexity index is 309. The minimum Gasteiger partial charge on any atom is -0.351 e. The van der Waals surface area contributed by atoms with Crippen LogP contribution in [0.5, 0.6) is 0 Å². The first kappa shape index (κ1) is 12.2. The van der Waals surface area contributed by atoms with Crippen LogP contribution in [0.1, 0.15) is 24.5 Å². The molecule has 1 aromatic rings. The molecule has 0 aromatic carbocycles. The van der Waals surface area contributed by atoms with Gasteiger partial charge < -0.3 is 10.6 Å². The molecule has 0 atom stereocenters. The Balaban J connectivity index is 2.20. The molecule has 0 aliphatic heterocycles. The number of aryl methyl sites for hydroxylation is 1. The molecule has 0 aliphatic carbocycles. The van der Waals surface area contributed by atoms with E-state index in [0.717, 1.165) is 13.0 Å². The van der Waals surface area contributed by atoms with Crippen molar-refractivity contribution < 1.29 is 4.79 Å². The summed E-state index contributed by atoms with van der Waals surface area (Å²) in [7, 11) is 0. The topological polar surface area (TPSA) is 41.1 Å². The van der Waals surface area contributed by atoms with Crippen LogP contribution in [0.2, 0.25) is 0 Å². The van der Waals surface area contributed by atoms with Gasteiger partial charge in [-0.1, -0.05) is 6.92 Å². The number of amides is 1. The van der Waals surface area contributed by atoms with E-state index < -0.39 is 0 Å². The number of hydrogen-bond donors (Lipinski definition) is 2. The van der Waals surface area contributed by atoms with Crippen LogP contribution in [0.3, 0.4) is 0 Å². The Labute approximate surface area is 94.9 Å². The van der Waals surface area contributed by atoms with Crippen molar-refractivity contribution in [3.63, 3.8) is 0 Å². The first-order chi connectivity index (χ1) is 7.24. The van der Waals surface area contributed by atoms with Gasteiger partial charge in [0.1, 0.15) is 0 Å². The summed E-state index contributed by atoms with van der Waals surface area (Å²) in [6.07, 6.45) is 1.05. The van der Waals surface area contributed by atoms with Crippen LogP contribution < -0.4 is 10.6 Å². The van der Waals surface area contributed by atoms with Gasteiger partial charge in [0, 0.05) is 6.54 Å². The summed E-state index contributed by atoms with van der Waals surface area (Å²) in [5.74, 6) is 0.0639. The summed E-state index contributed by atoms with van der Waals surface area (Å²) in [6, 6.07) is 0. The minimum atomic E-state index is 0.0639. The summed E-state index contributed by atoms with van der Waals surface area (Å²) in [4.78, 5) is 11.4. The first-order valence-electron chi connectivity index (χ1n) is 5.23. The van der Waals surface area contributed by atoms with Crippen molar-refractivity contribution >= 4 is 17.2 Å². The summed E-state index contributed by atoms with van der Waals surface area (Å²) < 4.78 is 0. The third-order valence-electron chi connectivity index (χ3n) is 2.15. The van der Waals surface area contributed by atoms with E-state index in [-0.39, 0.29) is 5.91 Å². The van der Waals surface area contributed by atoms with E-state index in [1.54, 1.807) is 11.3 Å². The van der Waals surface area contributed by atoms with E-state index in [1.165, 1.54) is 11.1 Å². The van der Waals surface area contributed by atoms with Crippen molar-refractivity contribution in [2.75, 3.05) is 13.1 Å². The zero-order valence-electron chi connectivity index (χ0n) is 9.30. The number of rotatable bonds is 6. The highest BCUT2D eigenvalue weighted by Crippen LogP contribution is 2.12. The average molecular weight is 226 g/mol. The molecule has 0 saturated heterocycles. The summed E-state index contributed by atoms with van der Waals surface area (Å²) >= 11 is 1.67. The maximum Gasteiger partial charge on any atom is 0.234 e. The quantitative estimate of drug-likeness (QED) is 0.725. The van der Waals surface area contributed by atoms with Gasteiger partial charge in [-0.15, -0.1) is 0 Å². The van der Waals surface area contributed by atoms with Crippen LogP contribution in [-0.2, 0) is 11.3 Å². The van der Waals surface area contributed by atoms with Gasteiger partial charge in [0.25, 0.3) is 0 Å². The highest BCUT2D eigenvalue weighted by Gasteiger charge is 2.02. The molecular weight excluding hydrogens is 208 g/mol. The van der Waals surface area contributed by atoms with Crippen LogP contribution in [0.4, 0.5) is 0 Å². The van der Waals surface area contributed by atoms with Gasteiger partial charge in [-0.3, -0.25) is 4.79 Å². The standard InChI is InChI=1S/C11H18N2OS/c1-3-4-12-6-11(14)13-5-10-8-15-7-9(10)2/h7-8,12H,3-6H2,1-2H3,(H,13,14). The molecule has 15 heavy (non-hydrogen) atoms. The van der Waals surface area contributed by atoms with Gasteiger partial charge in [-0.25, -0.2) is 0 Å². The number of nitrogens with one attached hydrogen (secondary N) is 2. The van der Waals surface area contributed by atoms with Crippen LogP contribution in [-0.4, -0.2) is 19.0 Å². The summed E-state index contributed by atoms with van der Waals surface area (Å²) in [6.45, 7) is 6.09. The molecule has 84 valence electrons. The number of carbonyl (C=O) groups is 1. The molecule has 3 nitrogen and oxygen atoms in total. The van der Waals surface area contributed by atoms with Crippen LogP contribution in [0.25, 0.3) is 0 Å². The van der Waals surface area contributed by atoms with E-state index in [9.17, 15) is 4.79 Å². The monoisotopic (exact) mass is 226 g/mol. The van der Waals surface area contributed by atoms with Crippen molar-refractivity contribution in [3.8, 4) is 0 Å². The maximum absolute atomic E-state index is 11.4. The van der Waals surface area contributed by atoms with Gasteiger partial charge >= 0.3 is 0 Å². The number of thiophene rings is 1. The van der Waals surface area contributed by atoms with Crippen LogP contribution in [0.15, 0.2) is 10.8 Å². The molecular formula is C11H18N2OS. The van der Waals surface area contributed by atoms with E-state index in [1.807, 2.05) is 0 Å². The maximum atomic E-state index is 11.4. The van der Waals surface area contributed by atoms with Crippen molar-refractivity contribution in [3.05, 3.63) is 21.9 Å². The Morgan fingerprint density at radius 3 is 2.87 bits per heavy atom. The fourth-order valence-corrected chi connectivity index (χ4v) is 2.06. The molecule has 2 N–H and O–H groups in total. The molecule has 0 fully saturated rings. The van der Waals surface area contributed by atoms with Gasteiger partial charge in [-0.05, 0) is 41.8 Å². The van der Waals surface area contributed by atoms with Gasteiger partial charge in [0.2, 0.25) is 5.91 Å². The fourth-order valence-electron chi connectivity index (χ4n) is 1.20. The molecule has 1 rings (SSSR count). The van der Waals surface area contributed by atoms with Crippen molar-refractivity contribution in [2.45, 2.75) is 26.8 Å². The highest BCUT2D eigenvalue weighted by atomic mass is 32.1. The second-order valence-electron chi connectivity index (χ2n) is 3.53. The predicted molar refractivity (Wildman–Crippen MR) is 64.1 cm³/mol. The van der Waals surface area contributed by atoms with Crippen molar-refractivity contribution in [2.24, 2.45) is 0 Å². The van der Waals surface area contributed by atoms with Crippen LogP contribution >= 0.6 is 11.3 Å². The first-order valence-corrected chi connectivity index (χ1v) is 6.17. The highest BCUT2D eigenvalue weighted by molar-refractivity contribution is 7.08. The lowest BCUT2D eigenvalue weighted by atomic mass is 10.2. The smallest absolute Gasteiger partial charge is 0.234 e. The SMILES string of the molecule is CCCNCC(=O)NCc1cscc1C. The summed E-state index contributed by atoms with van der Waals surface area (Å²) in [5, 5.41) is 10.1. The van der Waals surface area contributed by atoms with E-state index in [4.69, 9.17) is 0 Å². The molecule has 1 heterocycles. The molecule has 0 aliphatic rings. The predicted octanol–water partition coefficient (Wildman–Crippen LogP) is 1.67. The molecule has 0 radical (unpaired) electrons. The van der Waals surface area contributed by atoms with E-state index in [0.29, 0.717) is 13.1 Å². The molecule has 4 heteroatoms. The normalized spacial score (nSPS) is 10.3. The zero-order valence-corrected chi connectivity index (χ0v) is 10.1. The summed E-state index contributed by atoms with van der Waals surface area (Å²) in [5.41, 5.74) is 2.46. The van der Waals surface area contributed by atoms with E-state index in [2.05, 4.69) is 35.2 Å². The molecule has 0 bridgehead atoms. The third-order valence-corrected chi connectivity index (χ3v) is 3.06. The molecule has 0 saturated carbocycles. The van der Waals surface area contributed by atoms with Crippen molar-refractivity contribution in [1.82, 2.24) is 10.6 Å². The second-order valence-corrected chi connectivity index (χ2v) is 4.28. The lowest BCUT2D eigenvalue weighted by Gasteiger charge is -2.05. The average Bonchev–Trinajstić information content (AvgIpc) is 2.61. The van der Waals surface area contributed by atoms with Gasteiger partial charge in [-0.2, -0.15) is 11.3 Å². The molecule has 1 aromatic heterocycles. The lowest BCUT2D eigenvalue weighted by Crippen LogP contribution is -2.33. The third kappa shape index (κ3) is 4.44. The zero-order chi connectivity index (χ0) is 11.1. The van der Waals surface area contributed by atoms with Gasteiger partial charge in [0.05, 0.1) is 6.54 Å². The Morgan fingerprint density at radius 1 is 1.47 bits per heavy atom. The Morgan fingerprint density at radius 2 is 2.27 bits per heavy atom. The molecule has 0 unspecified atom stereocenters. The number of hydrogen-bond acceptors (Lipinski definition) is 3. The van der Waals surface area contributed by atoms with Gasteiger partial charge in [0.15, 0.2) is 0 Å². The Hall–Kier alpha value is -0.870. The largest absolute Gasteiger partial charge is 0.351 e. The minimum absolute atomic E-state index is 0.0639.